The van der Waals surface area contributed by atoms with E-state index in [1.54, 1.807) is 11.3 Å². The average Bonchev–Trinajstić information content (AvgIpc) is 2.94. The molecule has 2 heterocycles. The van der Waals surface area contributed by atoms with Crippen molar-refractivity contribution >= 4 is 11.3 Å². The summed E-state index contributed by atoms with van der Waals surface area (Å²) in [5.41, 5.74) is 4.18. The minimum Gasteiger partial charge on any atom is -0.376 e. The van der Waals surface area contributed by atoms with Crippen LogP contribution in [-0.2, 0) is 16.6 Å². The summed E-state index contributed by atoms with van der Waals surface area (Å²) in [5.74, 6) is 6.26. The molecule has 108 valence electrons. The Kier molecular flexibility index (Phi) is 4.61. The van der Waals surface area contributed by atoms with Gasteiger partial charge in [-0.15, -0.1) is 11.3 Å². The van der Waals surface area contributed by atoms with Crippen LogP contribution in [0.2, 0.25) is 0 Å². The number of aromatic nitrogens is 1. The van der Waals surface area contributed by atoms with Crippen LogP contribution >= 0.6 is 11.3 Å². The number of hydrazine groups is 1. The van der Waals surface area contributed by atoms with E-state index in [0.29, 0.717) is 5.92 Å². The summed E-state index contributed by atoms with van der Waals surface area (Å²) in [6, 6.07) is 0.150. The van der Waals surface area contributed by atoms with Crippen LogP contribution in [0.25, 0.3) is 0 Å². The average molecular weight is 283 g/mol. The third-order valence-corrected chi connectivity index (χ3v) is 4.64. The summed E-state index contributed by atoms with van der Waals surface area (Å²) in [7, 11) is 0. The van der Waals surface area contributed by atoms with Gasteiger partial charge in [0.15, 0.2) is 0 Å². The lowest BCUT2D eigenvalue weighted by molar-refractivity contribution is 0.0610. The van der Waals surface area contributed by atoms with Crippen LogP contribution in [0.5, 0.6) is 0 Å². The van der Waals surface area contributed by atoms with Gasteiger partial charge < -0.3 is 4.74 Å². The second-order valence-electron chi connectivity index (χ2n) is 6.46. The fourth-order valence-corrected chi connectivity index (χ4v) is 3.52. The van der Waals surface area contributed by atoms with Gasteiger partial charge in [-0.3, -0.25) is 11.3 Å². The molecule has 1 aromatic heterocycles. The highest BCUT2D eigenvalue weighted by Gasteiger charge is 2.32. The van der Waals surface area contributed by atoms with Gasteiger partial charge in [0, 0.05) is 23.8 Å². The van der Waals surface area contributed by atoms with E-state index in [4.69, 9.17) is 15.6 Å². The Morgan fingerprint density at radius 1 is 1.58 bits per heavy atom. The lowest BCUT2D eigenvalue weighted by atomic mass is 9.93. The second kappa shape index (κ2) is 5.87. The number of nitrogens with one attached hydrogen (secondary N) is 1. The lowest BCUT2D eigenvalue weighted by Gasteiger charge is -2.24. The molecule has 0 aliphatic carbocycles. The first kappa shape index (κ1) is 14.9. The van der Waals surface area contributed by atoms with E-state index in [2.05, 4.69) is 38.5 Å². The summed E-state index contributed by atoms with van der Waals surface area (Å²) < 4.78 is 5.80. The van der Waals surface area contributed by atoms with Gasteiger partial charge in [-0.1, -0.05) is 27.7 Å². The summed E-state index contributed by atoms with van der Waals surface area (Å²) in [6.07, 6.45) is 2.16. The molecule has 1 saturated heterocycles. The smallest absolute Gasteiger partial charge is 0.0945 e. The molecular weight excluding hydrogens is 258 g/mol. The van der Waals surface area contributed by atoms with Crippen molar-refractivity contribution in [2.75, 3.05) is 6.61 Å². The van der Waals surface area contributed by atoms with Crippen LogP contribution in [0.3, 0.4) is 0 Å². The van der Waals surface area contributed by atoms with Crippen LogP contribution in [0.15, 0.2) is 5.38 Å². The molecule has 2 rings (SSSR count). The van der Waals surface area contributed by atoms with Gasteiger partial charge in [-0.05, 0) is 12.3 Å². The molecule has 0 bridgehead atoms. The van der Waals surface area contributed by atoms with Crippen molar-refractivity contribution in [3.05, 3.63) is 16.1 Å². The lowest BCUT2D eigenvalue weighted by Crippen LogP contribution is -2.47. The molecule has 3 atom stereocenters. The third kappa shape index (κ3) is 3.54. The summed E-state index contributed by atoms with van der Waals surface area (Å²) in [6.45, 7) is 9.63. The van der Waals surface area contributed by atoms with E-state index in [1.165, 1.54) is 0 Å². The van der Waals surface area contributed by atoms with Gasteiger partial charge in [0.05, 0.1) is 22.8 Å². The van der Waals surface area contributed by atoms with Crippen molar-refractivity contribution in [3.63, 3.8) is 0 Å². The van der Waals surface area contributed by atoms with E-state index < -0.39 is 0 Å². The molecule has 3 N–H and O–H groups in total. The number of thiazole rings is 1. The Morgan fingerprint density at radius 2 is 2.32 bits per heavy atom. The van der Waals surface area contributed by atoms with Crippen molar-refractivity contribution < 1.29 is 4.74 Å². The van der Waals surface area contributed by atoms with Crippen LogP contribution in [0.1, 0.15) is 44.8 Å². The molecule has 0 spiro atoms. The molecule has 19 heavy (non-hydrogen) atoms. The van der Waals surface area contributed by atoms with E-state index in [-0.39, 0.29) is 17.6 Å². The van der Waals surface area contributed by atoms with Gasteiger partial charge in [-0.2, -0.15) is 0 Å². The fraction of sp³-hybridized carbons (Fsp3) is 0.786. The normalized spacial score (nSPS) is 25.7. The topological polar surface area (TPSA) is 60.2 Å². The Hall–Kier alpha value is -0.490. The minimum absolute atomic E-state index is 0.109. The highest BCUT2D eigenvalue weighted by Crippen LogP contribution is 2.27. The number of hydrogen-bond acceptors (Lipinski definition) is 5. The number of nitrogens with zero attached hydrogens (tertiary/aromatic N) is 1. The van der Waals surface area contributed by atoms with Crippen molar-refractivity contribution in [2.24, 2.45) is 11.8 Å². The number of ether oxygens (including phenoxy) is 1. The summed E-state index contributed by atoms with van der Waals surface area (Å²) >= 11 is 1.72. The van der Waals surface area contributed by atoms with E-state index in [1.807, 2.05) is 0 Å². The first-order chi connectivity index (χ1) is 8.91. The fourth-order valence-electron chi connectivity index (χ4n) is 2.44. The molecule has 3 unspecified atom stereocenters. The summed E-state index contributed by atoms with van der Waals surface area (Å²) in [4.78, 5) is 4.73. The molecular formula is C14H25N3OS. The van der Waals surface area contributed by atoms with Gasteiger partial charge in [-0.25, -0.2) is 4.98 Å². The second-order valence-corrected chi connectivity index (χ2v) is 7.40. The first-order valence-electron chi connectivity index (χ1n) is 6.94. The summed E-state index contributed by atoms with van der Waals surface area (Å²) in [5, 5.41) is 3.29. The maximum absolute atomic E-state index is 5.80. The zero-order chi connectivity index (χ0) is 14.0. The third-order valence-electron chi connectivity index (χ3n) is 3.77. The van der Waals surface area contributed by atoms with Gasteiger partial charge in [0.1, 0.15) is 0 Å². The minimum atomic E-state index is 0.109. The largest absolute Gasteiger partial charge is 0.376 e. The van der Waals surface area contributed by atoms with E-state index in [9.17, 15) is 0 Å². The Bertz CT molecular complexity index is 413. The maximum Gasteiger partial charge on any atom is 0.0945 e. The molecule has 1 aromatic rings. The Labute approximate surface area is 119 Å². The van der Waals surface area contributed by atoms with Crippen LogP contribution in [-0.4, -0.2) is 23.7 Å². The molecule has 4 nitrogen and oxygen atoms in total. The van der Waals surface area contributed by atoms with Crippen LogP contribution in [0.4, 0.5) is 0 Å². The Morgan fingerprint density at radius 3 is 2.79 bits per heavy atom. The number of rotatable bonds is 4. The monoisotopic (exact) mass is 283 g/mol. The highest BCUT2D eigenvalue weighted by atomic mass is 32.1. The van der Waals surface area contributed by atoms with Gasteiger partial charge in [0.25, 0.3) is 0 Å². The van der Waals surface area contributed by atoms with Gasteiger partial charge in [0.2, 0.25) is 0 Å². The zero-order valence-electron chi connectivity index (χ0n) is 12.3. The van der Waals surface area contributed by atoms with Crippen LogP contribution < -0.4 is 11.3 Å². The molecule has 1 fully saturated rings. The predicted octanol–water partition coefficient (Wildman–Crippen LogP) is 2.24. The quantitative estimate of drug-likeness (QED) is 0.657. The first-order valence-corrected chi connectivity index (χ1v) is 7.82. The Balaban J connectivity index is 2.04. The van der Waals surface area contributed by atoms with Crippen LogP contribution in [0, 0.1) is 5.92 Å². The molecule has 5 heteroatoms. The van der Waals surface area contributed by atoms with Crippen molar-refractivity contribution in [1.82, 2.24) is 10.4 Å². The number of nitrogens with two attached hydrogens (primary N) is 1. The molecule has 1 aliphatic heterocycles. The maximum atomic E-state index is 5.80. The molecule has 1 aliphatic rings. The standard InChI is InChI=1S/C14H25N3OS/c1-9-5-6-18-13(9)10(17-15)7-12-16-11(8-19-12)14(2,3)4/h8-10,13,17H,5-7,15H2,1-4H3. The van der Waals surface area contributed by atoms with Crippen molar-refractivity contribution in [2.45, 2.75) is 58.1 Å². The molecule has 0 radical (unpaired) electrons. The van der Waals surface area contributed by atoms with E-state index in [0.717, 1.165) is 30.2 Å². The van der Waals surface area contributed by atoms with Crippen molar-refractivity contribution in [3.8, 4) is 0 Å². The SMILES string of the molecule is CC1CCOC1C(Cc1nc(C(C)(C)C)cs1)NN. The molecule has 0 saturated carbocycles. The number of hydrogen-bond donors (Lipinski definition) is 2. The molecule has 0 aromatic carbocycles. The van der Waals surface area contributed by atoms with Gasteiger partial charge >= 0.3 is 0 Å². The van der Waals surface area contributed by atoms with Crippen molar-refractivity contribution in [1.29, 1.82) is 0 Å². The highest BCUT2D eigenvalue weighted by molar-refractivity contribution is 7.09. The predicted molar refractivity (Wildman–Crippen MR) is 79.2 cm³/mol. The zero-order valence-corrected chi connectivity index (χ0v) is 13.1. The molecule has 0 amide bonds. The van der Waals surface area contributed by atoms with E-state index >= 15 is 0 Å².